The molecule has 0 N–H and O–H groups in total. The Hall–Kier alpha value is -5.80. The van der Waals surface area contributed by atoms with E-state index in [0.717, 1.165) is 89.5 Å². The molecule has 0 amide bonds. The lowest BCUT2D eigenvalue weighted by Gasteiger charge is -2.30. The monoisotopic (exact) mass is 736 g/mol. The van der Waals surface area contributed by atoms with E-state index in [1.54, 1.807) is 0 Å². The summed E-state index contributed by atoms with van der Waals surface area (Å²) in [6, 6.07) is 42.6. The van der Waals surface area contributed by atoms with Crippen LogP contribution in [0.2, 0.25) is 0 Å². The van der Waals surface area contributed by atoms with Crippen molar-refractivity contribution in [3.05, 3.63) is 138 Å². The highest BCUT2D eigenvalue weighted by Crippen LogP contribution is 2.48. The van der Waals surface area contributed by atoms with E-state index in [1.807, 2.05) is 18.2 Å². The van der Waals surface area contributed by atoms with Crippen molar-refractivity contribution in [3.63, 3.8) is 0 Å². The summed E-state index contributed by atoms with van der Waals surface area (Å²) in [5.74, 6) is 1.03. The normalized spacial score (nSPS) is 13.0. The Morgan fingerprint density at radius 2 is 0.949 bits per heavy atom. The molecule has 8 aromatic carbocycles. The number of aryl methyl sites for hydroxylation is 1. The third kappa shape index (κ3) is 5.32. The fourth-order valence-electron chi connectivity index (χ4n) is 9.84. The van der Waals surface area contributed by atoms with Crippen molar-refractivity contribution in [1.29, 1.82) is 0 Å². The molecule has 0 saturated heterocycles. The van der Waals surface area contributed by atoms with Crippen molar-refractivity contribution < 1.29 is 0 Å². The van der Waals surface area contributed by atoms with Crippen LogP contribution < -0.4 is 38.2 Å². The molecule has 0 unspecified atom stereocenters. The summed E-state index contributed by atoms with van der Waals surface area (Å²) in [4.78, 5) is 4.93. The van der Waals surface area contributed by atoms with Gasteiger partial charge in [0, 0.05) is 17.5 Å². The third-order valence-electron chi connectivity index (χ3n) is 12.5. The second kappa shape index (κ2) is 13.6. The van der Waals surface area contributed by atoms with Crippen LogP contribution in [0, 0.1) is 0 Å². The highest BCUT2D eigenvalue weighted by molar-refractivity contribution is 6.65. The smallest absolute Gasteiger partial charge is 0.115 e. The minimum absolute atomic E-state index is 0.215. The summed E-state index contributed by atoms with van der Waals surface area (Å²) in [6.07, 6.45) is 0.818. The number of para-hydroxylation sites is 2. The Balaban J connectivity index is 1.19. The molecule has 1 aromatic heterocycles. The summed E-state index contributed by atoms with van der Waals surface area (Å²) >= 11 is 0. The SMILES string of the molecule is [B]c1c([B])c([B])c2c(c1[B])-c1c([B])c([B])c(-c3c4ccccc4c(-c4cccc(-c5cccc(-n6c(CC)nc7ccccc76)c5)c4)c4ccccc34)c([B])c1C2(C)C. The van der Waals surface area contributed by atoms with E-state index in [1.165, 1.54) is 0 Å². The van der Waals surface area contributed by atoms with E-state index in [4.69, 9.17) is 59.9 Å². The number of aromatic nitrogens is 2. The molecule has 0 spiro atoms. The highest BCUT2D eigenvalue weighted by atomic mass is 15.1. The average Bonchev–Trinajstić information content (AvgIpc) is 3.76. The maximum absolute atomic E-state index is 7.39. The van der Waals surface area contributed by atoms with E-state index in [-0.39, 0.29) is 10.9 Å². The molecule has 9 aromatic rings. The minimum atomic E-state index is -0.725. The van der Waals surface area contributed by atoms with E-state index >= 15 is 0 Å². The molecule has 9 heteroatoms. The van der Waals surface area contributed by atoms with Crippen LogP contribution in [-0.2, 0) is 11.8 Å². The predicted molar refractivity (Wildman–Crippen MR) is 257 cm³/mol. The van der Waals surface area contributed by atoms with Crippen molar-refractivity contribution in [2.24, 2.45) is 0 Å². The maximum atomic E-state index is 7.39. The van der Waals surface area contributed by atoms with E-state index in [0.29, 0.717) is 44.0 Å². The topological polar surface area (TPSA) is 17.8 Å². The number of benzene rings is 8. The molecule has 1 heterocycles. The van der Waals surface area contributed by atoms with Gasteiger partial charge < -0.3 is 0 Å². The van der Waals surface area contributed by atoms with Crippen LogP contribution in [0.5, 0.6) is 0 Å². The average molecular weight is 735 g/mol. The van der Waals surface area contributed by atoms with Crippen LogP contribution in [0.1, 0.15) is 37.7 Å². The van der Waals surface area contributed by atoms with Crippen LogP contribution in [-0.4, -0.2) is 64.5 Å². The Bertz CT molecular complexity index is 3210. The first kappa shape index (κ1) is 37.5. The van der Waals surface area contributed by atoms with Crippen LogP contribution in [0.3, 0.4) is 0 Å². The van der Waals surface area contributed by atoms with E-state index in [9.17, 15) is 0 Å². The molecule has 0 atom stereocenters. The highest BCUT2D eigenvalue weighted by Gasteiger charge is 2.41. The molecule has 0 bridgehead atoms. The van der Waals surface area contributed by atoms with Crippen LogP contribution >= 0.6 is 0 Å². The first-order valence-corrected chi connectivity index (χ1v) is 19.8. The van der Waals surface area contributed by atoms with Gasteiger partial charge in [0.05, 0.1) is 11.0 Å². The molecule has 1 aliphatic rings. The molecular weight excluding hydrogens is 704 g/mol. The number of imidazole rings is 1. The van der Waals surface area contributed by atoms with E-state index < -0.39 is 5.41 Å². The van der Waals surface area contributed by atoms with Gasteiger partial charge in [-0.15, -0.1) is 10.9 Å². The zero-order valence-electron chi connectivity index (χ0n) is 33.2. The molecule has 10 rings (SSSR count). The molecule has 0 saturated carbocycles. The fourth-order valence-corrected chi connectivity index (χ4v) is 9.84. The van der Waals surface area contributed by atoms with Crippen LogP contribution in [0.4, 0.5) is 0 Å². The third-order valence-corrected chi connectivity index (χ3v) is 12.5. The second-order valence-corrected chi connectivity index (χ2v) is 16.1. The summed E-state index contributed by atoms with van der Waals surface area (Å²) < 4.78 is 2.26. The van der Waals surface area contributed by atoms with Gasteiger partial charge in [-0.3, -0.25) is 4.57 Å². The fraction of sp³-hybridized carbons (Fsp3) is 0.100. The van der Waals surface area contributed by atoms with Gasteiger partial charge in [0.2, 0.25) is 0 Å². The summed E-state index contributed by atoms with van der Waals surface area (Å²) in [7, 11) is 47.8. The quantitative estimate of drug-likeness (QED) is 0.185. The maximum Gasteiger partial charge on any atom is 0.115 e. The minimum Gasteiger partial charge on any atom is -0.296 e. The van der Waals surface area contributed by atoms with Crippen molar-refractivity contribution in [3.8, 4) is 50.2 Å². The molecule has 262 valence electrons. The largest absolute Gasteiger partial charge is 0.296 e. The number of hydrogen-bond donors (Lipinski definition) is 0. The van der Waals surface area contributed by atoms with Crippen molar-refractivity contribution in [2.45, 2.75) is 32.6 Å². The number of fused-ring (bicyclic) bond motifs is 6. The lowest BCUT2D eigenvalue weighted by molar-refractivity contribution is 0.670. The Morgan fingerprint density at radius 1 is 0.458 bits per heavy atom. The molecular formula is C50H31B7N2. The summed E-state index contributed by atoms with van der Waals surface area (Å²) in [5.41, 5.74) is 13.6. The van der Waals surface area contributed by atoms with Crippen LogP contribution in [0.15, 0.2) is 121 Å². The van der Waals surface area contributed by atoms with E-state index in [2.05, 4.69) is 128 Å². The van der Waals surface area contributed by atoms with Crippen molar-refractivity contribution in [1.82, 2.24) is 9.55 Å². The van der Waals surface area contributed by atoms with Crippen molar-refractivity contribution >= 4 is 126 Å². The lowest BCUT2D eigenvalue weighted by atomic mass is 9.61. The van der Waals surface area contributed by atoms with Gasteiger partial charge in [-0.25, -0.2) is 4.98 Å². The zero-order chi connectivity index (χ0) is 41.1. The van der Waals surface area contributed by atoms with Gasteiger partial charge in [0.15, 0.2) is 0 Å². The molecule has 0 fully saturated rings. The molecule has 2 nitrogen and oxygen atoms in total. The first-order chi connectivity index (χ1) is 28.4. The first-order valence-electron chi connectivity index (χ1n) is 19.8. The van der Waals surface area contributed by atoms with Crippen LogP contribution in [0.25, 0.3) is 82.8 Å². The Labute approximate surface area is 354 Å². The standard InChI is InChI=1S/C50H31B7N2/c1-4-35-58-33-21-9-10-22-34(33)59(35)28-16-12-14-26(24-28)25-13-11-15-27(23-25)36-29-17-5-7-19-31(29)37(32-20-8-6-18-30(32)36)40-43(51)41-38(44(52)46(40)54)39-42(50(41,2)3)47(55)49(57)48(56)45(39)53/h5-24H,4H2,1-3H3. The zero-order valence-corrected chi connectivity index (χ0v) is 33.2. The Kier molecular flexibility index (Phi) is 8.66. The van der Waals surface area contributed by atoms with Gasteiger partial charge in [-0.2, -0.15) is 0 Å². The van der Waals surface area contributed by atoms with Crippen molar-refractivity contribution in [2.75, 3.05) is 0 Å². The van der Waals surface area contributed by atoms with Gasteiger partial charge in [-0.1, -0.05) is 139 Å². The second-order valence-electron chi connectivity index (χ2n) is 16.1. The van der Waals surface area contributed by atoms with Gasteiger partial charge in [-0.05, 0) is 108 Å². The molecule has 1 aliphatic carbocycles. The Morgan fingerprint density at radius 3 is 1.59 bits per heavy atom. The number of hydrogen-bond acceptors (Lipinski definition) is 1. The molecule has 0 aliphatic heterocycles. The van der Waals surface area contributed by atoms with Gasteiger partial charge in [0.25, 0.3) is 0 Å². The summed E-state index contributed by atoms with van der Waals surface area (Å²) in [5, 5.41) is 4.09. The molecule has 59 heavy (non-hydrogen) atoms. The number of rotatable bonds is 5. The number of nitrogens with zero attached hydrogens (tertiary/aromatic N) is 2. The lowest BCUT2D eigenvalue weighted by Crippen LogP contribution is -2.51. The van der Waals surface area contributed by atoms with Gasteiger partial charge in [0.1, 0.15) is 60.7 Å². The predicted octanol–water partition coefficient (Wildman–Crippen LogP) is 4.76. The van der Waals surface area contributed by atoms with Gasteiger partial charge >= 0.3 is 0 Å². The summed E-state index contributed by atoms with van der Waals surface area (Å²) in [6.45, 7) is 6.26. The molecule has 14 radical (unpaired) electrons.